The molecule has 2 heterocycles. The molecule has 0 unspecified atom stereocenters. The zero-order valence-corrected chi connectivity index (χ0v) is 28.1. The summed E-state index contributed by atoms with van der Waals surface area (Å²) in [6.07, 6.45) is 5.13. The highest BCUT2D eigenvalue weighted by Crippen LogP contribution is 2.36. The number of nitrogens with two attached hydrogens (primary N) is 1. The lowest BCUT2D eigenvalue weighted by molar-refractivity contribution is 0.0495. The highest BCUT2D eigenvalue weighted by molar-refractivity contribution is 7.59. The number of fused-ring (bicyclic) bond motifs is 1. The molecule has 2 aromatic carbocycles. The number of hydrogen-bond donors (Lipinski definition) is 3. The minimum absolute atomic E-state index is 0.113. The lowest BCUT2D eigenvalue weighted by Crippen LogP contribution is -2.30. The van der Waals surface area contributed by atoms with Crippen molar-refractivity contribution >= 4 is 36.4 Å². The Morgan fingerprint density at radius 1 is 0.915 bits per heavy atom. The van der Waals surface area contributed by atoms with Gasteiger partial charge < -0.3 is 24.5 Å². The smallest absolute Gasteiger partial charge is 0.338 e. The van der Waals surface area contributed by atoms with E-state index in [0.717, 1.165) is 24.0 Å². The number of hydrogen-bond acceptors (Lipinski definition) is 10. The number of nitrogens with one attached hydrogen (secondary N) is 2. The Morgan fingerprint density at radius 3 is 2.15 bits per heavy atom. The zero-order valence-electron chi connectivity index (χ0n) is 27.2. The van der Waals surface area contributed by atoms with Crippen LogP contribution in [0.4, 0.5) is 5.82 Å². The Hall–Kier alpha value is -4.16. The predicted molar refractivity (Wildman–Crippen MR) is 180 cm³/mol. The first-order chi connectivity index (χ1) is 22.7. The maximum absolute atomic E-state index is 14.3. The van der Waals surface area contributed by atoms with E-state index in [1.54, 1.807) is 37.5 Å². The van der Waals surface area contributed by atoms with Crippen LogP contribution in [-0.2, 0) is 38.2 Å². The fourth-order valence-electron chi connectivity index (χ4n) is 4.95. The number of carbonyl (C=O) groups is 2. The van der Waals surface area contributed by atoms with Crippen LogP contribution < -0.4 is 15.9 Å². The van der Waals surface area contributed by atoms with E-state index in [9.17, 15) is 14.2 Å². The van der Waals surface area contributed by atoms with Gasteiger partial charge >= 0.3 is 11.9 Å². The van der Waals surface area contributed by atoms with Gasteiger partial charge in [-0.25, -0.2) is 24.5 Å². The number of rotatable bonds is 19. The summed E-state index contributed by atoms with van der Waals surface area (Å²) in [5, 5.41) is 6.35. The Balaban J connectivity index is 1.43. The monoisotopic (exact) mass is 665 g/mol. The van der Waals surface area contributed by atoms with Crippen molar-refractivity contribution in [3.8, 4) is 0 Å². The van der Waals surface area contributed by atoms with Gasteiger partial charge in [0.1, 0.15) is 18.2 Å². The standard InChI is InChI=1S/C33H44N7O6P/c1-4-6-19-45-33(42)28-14-10-8-12-26(28)16-18-39-47(43,38-17-15-25-11-7-9-13-27(25)32(41)44-5-2)23-46-24(3)20-40-22-37-29-30(34)35-21-36-31(29)40/h7-14,21-22,24H,4-6,15-20,23H2,1-3H3,(H2,34,35,36)(H2,38,39,43)/t24-,47+/m1/s1. The van der Waals surface area contributed by atoms with Gasteiger partial charge in [-0.1, -0.05) is 49.7 Å². The maximum Gasteiger partial charge on any atom is 0.338 e. The fraction of sp³-hybridized carbons (Fsp3) is 0.424. The van der Waals surface area contributed by atoms with Gasteiger partial charge in [0.05, 0.1) is 43.3 Å². The van der Waals surface area contributed by atoms with Crippen molar-refractivity contribution in [1.82, 2.24) is 29.7 Å². The molecule has 0 bridgehead atoms. The van der Waals surface area contributed by atoms with Gasteiger partial charge in [0, 0.05) is 13.1 Å². The minimum atomic E-state index is -3.33. The Morgan fingerprint density at radius 2 is 1.53 bits per heavy atom. The molecular formula is C33H44N7O6P. The summed E-state index contributed by atoms with van der Waals surface area (Å²) in [5.41, 5.74) is 9.55. The molecule has 252 valence electrons. The van der Waals surface area contributed by atoms with Crippen molar-refractivity contribution < 1.29 is 28.4 Å². The predicted octanol–water partition coefficient (Wildman–Crippen LogP) is 4.76. The van der Waals surface area contributed by atoms with Gasteiger partial charge in [0.2, 0.25) is 7.44 Å². The quantitative estimate of drug-likeness (QED) is 0.0713. The molecule has 0 fully saturated rings. The van der Waals surface area contributed by atoms with E-state index in [1.165, 1.54) is 6.33 Å². The van der Waals surface area contributed by atoms with Gasteiger partial charge in [-0.15, -0.1) is 0 Å². The number of unbranched alkanes of at least 4 members (excludes halogenated alkanes) is 1. The third-order valence-electron chi connectivity index (χ3n) is 7.43. The molecule has 0 radical (unpaired) electrons. The minimum Gasteiger partial charge on any atom is -0.462 e. The highest BCUT2D eigenvalue weighted by atomic mass is 31.2. The molecular weight excluding hydrogens is 621 g/mol. The first-order valence-corrected chi connectivity index (χ1v) is 17.8. The van der Waals surface area contributed by atoms with Gasteiger partial charge in [0.15, 0.2) is 11.5 Å². The van der Waals surface area contributed by atoms with Crippen molar-refractivity contribution in [2.24, 2.45) is 0 Å². The SMILES string of the molecule is CCCCOC(=O)c1ccccc1CCN[P@](=O)(CO[C@H](C)Cn1cnc2c(N)ncnc21)NCCc1ccccc1C(=O)OCC. The second kappa shape index (κ2) is 17.7. The van der Waals surface area contributed by atoms with Crippen molar-refractivity contribution in [3.63, 3.8) is 0 Å². The Kier molecular flexibility index (Phi) is 13.4. The Bertz CT molecular complexity index is 1680. The van der Waals surface area contributed by atoms with Crippen LogP contribution in [0.2, 0.25) is 0 Å². The van der Waals surface area contributed by atoms with Crippen LogP contribution in [0.1, 0.15) is 65.5 Å². The summed E-state index contributed by atoms with van der Waals surface area (Å²) in [6.45, 7) is 7.32. The molecule has 0 aliphatic rings. The normalized spacial score (nSPS) is 13.3. The lowest BCUT2D eigenvalue weighted by Gasteiger charge is -2.24. The molecule has 4 aromatic rings. The summed E-state index contributed by atoms with van der Waals surface area (Å²) in [6, 6.07) is 14.5. The molecule has 0 saturated carbocycles. The summed E-state index contributed by atoms with van der Waals surface area (Å²) < 4.78 is 32.9. The number of benzene rings is 2. The number of esters is 2. The van der Waals surface area contributed by atoms with Crippen molar-refractivity contribution in [2.75, 3.05) is 38.4 Å². The summed E-state index contributed by atoms with van der Waals surface area (Å²) in [7, 11) is -3.33. The average molecular weight is 666 g/mol. The van der Waals surface area contributed by atoms with Crippen LogP contribution in [0.5, 0.6) is 0 Å². The van der Waals surface area contributed by atoms with E-state index in [-0.39, 0.29) is 25.0 Å². The topological polar surface area (TPSA) is 173 Å². The molecule has 47 heavy (non-hydrogen) atoms. The number of anilines is 1. The van der Waals surface area contributed by atoms with Crippen LogP contribution in [0.3, 0.4) is 0 Å². The number of nitrogen functional groups attached to an aromatic ring is 1. The molecule has 14 heteroatoms. The Labute approximate surface area is 275 Å². The van der Waals surface area contributed by atoms with Gasteiger partial charge in [-0.05, 0) is 56.4 Å². The number of carbonyl (C=O) groups excluding carboxylic acids is 2. The molecule has 0 spiro atoms. The first kappa shape index (κ1) is 35.7. The maximum atomic E-state index is 14.3. The van der Waals surface area contributed by atoms with Crippen LogP contribution >= 0.6 is 7.44 Å². The zero-order chi connectivity index (χ0) is 33.6. The lowest BCUT2D eigenvalue weighted by atomic mass is 10.0. The number of aromatic nitrogens is 4. The van der Waals surface area contributed by atoms with Crippen molar-refractivity contribution in [2.45, 2.75) is 59.1 Å². The average Bonchev–Trinajstić information content (AvgIpc) is 3.48. The van der Waals surface area contributed by atoms with E-state index >= 15 is 0 Å². The summed E-state index contributed by atoms with van der Waals surface area (Å²) in [4.78, 5) is 37.8. The highest BCUT2D eigenvalue weighted by Gasteiger charge is 2.24. The number of ether oxygens (including phenoxy) is 3. The third kappa shape index (κ3) is 10.2. The molecule has 2 aromatic heterocycles. The van der Waals surface area contributed by atoms with Gasteiger partial charge in [-0.2, -0.15) is 0 Å². The van der Waals surface area contributed by atoms with Crippen LogP contribution in [0.15, 0.2) is 61.2 Å². The largest absolute Gasteiger partial charge is 0.462 e. The van der Waals surface area contributed by atoms with E-state index < -0.39 is 13.4 Å². The van der Waals surface area contributed by atoms with Crippen LogP contribution in [0.25, 0.3) is 11.2 Å². The third-order valence-corrected chi connectivity index (χ3v) is 9.41. The van der Waals surface area contributed by atoms with Crippen molar-refractivity contribution in [1.29, 1.82) is 0 Å². The molecule has 0 amide bonds. The number of nitrogens with zero attached hydrogens (tertiary/aromatic N) is 4. The molecule has 0 aliphatic carbocycles. The molecule has 2 atom stereocenters. The summed E-state index contributed by atoms with van der Waals surface area (Å²) >= 11 is 0. The molecule has 13 nitrogen and oxygen atoms in total. The van der Waals surface area contributed by atoms with Gasteiger partial charge in [0.25, 0.3) is 0 Å². The molecule has 0 aliphatic heterocycles. The van der Waals surface area contributed by atoms with E-state index in [4.69, 9.17) is 19.9 Å². The number of imidazole rings is 1. The van der Waals surface area contributed by atoms with E-state index in [2.05, 4.69) is 25.1 Å². The first-order valence-electron chi connectivity index (χ1n) is 15.9. The van der Waals surface area contributed by atoms with E-state index in [1.807, 2.05) is 42.7 Å². The molecule has 0 saturated heterocycles. The molecule has 4 rings (SSSR count). The van der Waals surface area contributed by atoms with Crippen LogP contribution in [-0.4, -0.2) is 70.2 Å². The fourth-order valence-corrected chi connectivity index (χ4v) is 6.66. The second-order valence-electron chi connectivity index (χ2n) is 11.0. The van der Waals surface area contributed by atoms with Crippen LogP contribution in [0, 0.1) is 0 Å². The molecule has 4 N–H and O–H groups in total. The second-order valence-corrected chi connectivity index (χ2v) is 13.4. The summed E-state index contributed by atoms with van der Waals surface area (Å²) in [5.74, 6) is -0.472. The van der Waals surface area contributed by atoms with Gasteiger partial charge in [-0.3, -0.25) is 14.7 Å². The van der Waals surface area contributed by atoms with Crippen molar-refractivity contribution in [3.05, 3.63) is 83.4 Å². The van der Waals surface area contributed by atoms with E-state index in [0.29, 0.717) is 67.2 Å².